The number of aliphatic hydroxyl groups is 1. The number of unbranched alkanes of at least 4 members (excludes halogenated alkanes) is 1. The molecule has 3 N–H and O–H groups in total. The van der Waals surface area contributed by atoms with Crippen molar-refractivity contribution in [2.24, 2.45) is 0 Å². The van der Waals surface area contributed by atoms with E-state index in [1.807, 2.05) is 18.2 Å². The summed E-state index contributed by atoms with van der Waals surface area (Å²) in [6, 6.07) is 5.50. The highest BCUT2D eigenvalue weighted by Crippen LogP contribution is 2.34. The third kappa shape index (κ3) is 3.08. The van der Waals surface area contributed by atoms with Gasteiger partial charge in [-0.2, -0.15) is 0 Å². The Bertz CT molecular complexity index is 576. The number of nitrogen functional groups attached to an aromatic ring is 1. The molecule has 0 aliphatic rings. The topological polar surface area (TPSA) is 95.4 Å². The number of aryl methyl sites for hydroxylation is 1. The molecule has 0 fully saturated rings. The molecule has 1 aromatic carbocycles. The monoisotopic (exact) mass is 292 g/mol. The molecule has 0 aliphatic carbocycles. The van der Waals surface area contributed by atoms with Gasteiger partial charge in [0, 0.05) is 13.0 Å². The van der Waals surface area contributed by atoms with Crippen LogP contribution in [0.5, 0.6) is 11.5 Å². The summed E-state index contributed by atoms with van der Waals surface area (Å²) < 4.78 is 12.5. The molecule has 21 heavy (non-hydrogen) atoms. The van der Waals surface area contributed by atoms with Gasteiger partial charge >= 0.3 is 0 Å². The van der Waals surface area contributed by atoms with E-state index >= 15 is 0 Å². The molecule has 0 bridgehead atoms. The lowest BCUT2D eigenvalue weighted by atomic mass is 10.2. The van der Waals surface area contributed by atoms with Crippen LogP contribution in [0.4, 0.5) is 5.95 Å². The van der Waals surface area contributed by atoms with Crippen LogP contribution >= 0.6 is 0 Å². The minimum absolute atomic E-state index is 0.154. The van der Waals surface area contributed by atoms with Crippen LogP contribution in [0.3, 0.4) is 0 Å². The zero-order chi connectivity index (χ0) is 15.2. The first-order valence-electron chi connectivity index (χ1n) is 6.75. The van der Waals surface area contributed by atoms with E-state index in [1.54, 1.807) is 18.8 Å². The molecule has 1 aromatic heterocycles. The molecule has 2 rings (SSSR count). The number of nitrogens with zero attached hydrogens (tertiary/aromatic N) is 3. The third-order valence-electron chi connectivity index (χ3n) is 3.19. The zero-order valence-electron chi connectivity index (χ0n) is 12.2. The van der Waals surface area contributed by atoms with Gasteiger partial charge in [0.25, 0.3) is 0 Å². The van der Waals surface area contributed by atoms with Crippen molar-refractivity contribution in [3.05, 3.63) is 24.0 Å². The molecular formula is C14H20N4O3. The largest absolute Gasteiger partial charge is 0.494 e. The molecule has 0 radical (unpaired) electrons. The zero-order valence-corrected chi connectivity index (χ0v) is 12.2. The van der Waals surface area contributed by atoms with Gasteiger partial charge in [0.15, 0.2) is 0 Å². The number of anilines is 1. The van der Waals surface area contributed by atoms with E-state index in [2.05, 4.69) is 10.2 Å². The van der Waals surface area contributed by atoms with Gasteiger partial charge in [-0.25, -0.2) is 0 Å². The van der Waals surface area contributed by atoms with Gasteiger partial charge in [0.1, 0.15) is 23.0 Å². The fraction of sp³-hybridized carbons (Fsp3) is 0.429. The number of para-hydroxylation sites is 1. The minimum atomic E-state index is 0.154. The summed E-state index contributed by atoms with van der Waals surface area (Å²) in [5.74, 6) is 2.24. The number of aliphatic hydroxyl groups excluding tert-OH is 1. The first-order valence-corrected chi connectivity index (χ1v) is 6.75. The smallest absolute Gasteiger partial charge is 0.226 e. The normalized spacial score (nSPS) is 10.6. The number of rotatable bonds is 7. The maximum atomic E-state index is 8.89. The highest BCUT2D eigenvalue weighted by molar-refractivity contribution is 5.60. The van der Waals surface area contributed by atoms with Crippen LogP contribution in [-0.2, 0) is 6.42 Å². The lowest BCUT2D eigenvalue weighted by molar-refractivity contribution is 0.284. The van der Waals surface area contributed by atoms with E-state index in [4.69, 9.17) is 20.3 Å². The molecule has 114 valence electrons. The van der Waals surface area contributed by atoms with Crippen molar-refractivity contribution >= 4 is 5.95 Å². The molecule has 0 unspecified atom stereocenters. The van der Waals surface area contributed by atoms with Gasteiger partial charge in [-0.15, -0.1) is 10.2 Å². The van der Waals surface area contributed by atoms with Crippen LogP contribution < -0.4 is 15.2 Å². The summed E-state index contributed by atoms with van der Waals surface area (Å²) in [6.07, 6.45) is 2.16. The lowest BCUT2D eigenvalue weighted by Crippen LogP contribution is -2.09. The average molecular weight is 292 g/mol. The predicted molar refractivity (Wildman–Crippen MR) is 78.9 cm³/mol. The van der Waals surface area contributed by atoms with E-state index < -0.39 is 0 Å². The van der Waals surface area contributed by atoms with E-state index in [0.717, 1.165) is 6.42 Å². The summed E-state index contributed by atoms with van der Waals surface area (Å²) in [7, 11) is 3.18. The summed E-state index contributed by atoms with van der Waals surface area (Å²) >= 11 is 0. The Kier molecular flexibility index (Phi) is 4.99. The summed E-state index contributed by atoms with van der Waals surface area (Å²) in [6.45, 7) is 0.154. The first-order chi connectivity index (χ1) is 10.2. The molecule has 7 nitrogen and oxygen atoms in total. The first kappa shape index (κ1) is 15.1. The van der Waals surface area contributed by atoms with Gasteiger partial charge in [-0.1, -0.05) is 6.07 Å². The van der Waals surface area contributed by atoms with Crippen LogP contribution in [0, 0.1) is 0 Å². The Morgan fingerprint density at radius 3 is 2.38 bits per heavy atom. The number of hydrogen-bond acceptors (Lipinski definition) is 6. The van der Waals surface area contributed by atoms with Crippen LogP contribution in [-0.4, -0.2) is 40.7 Å². The van der Waals surface area contributed by atoms with E-state index in [-0.39, 0.29) is 12.6 Å². The molecule has 0 saturated carbocycles. The number of nitrogens with two attached hydrogens (primary N) is 1. The Morgan fingerprint density at radius 1 is 1.14 bits per heavy atom. The van der Waals surface area contributed by atoms with Crippen molar-refractivity contribution < 1.29 is 14.6 Å². The standard InChI is InChI=1S/C14H20N4O3/c1-20-10-6-5-7-11(21-2)13(10)18-12(8-3-4-9-19)16-17-14(18)15/h5-7,19H,3-4,8-9H2,1-2H3,(H2,15,17). The molecule has 0 amide bonds. The van der Waals surface area contributed by atoms with E-state index in [9.17, 15) is 0 Å². The number of hydrogen-bond donors (Lipinski definition) is 2. The maximum absolute atomic E-state index is 8.89. The van der Waals surface area contributed by atoms with Crippen molar-refractivity contribution in [2.75, 3.05) is 26.6 Å². The van der Waals surface area contributed by atoms with Crippen LogP contribution in [0.1, 0.15) is 18.7 Å². The Labute approximate surface area is 123 Å². The molecule has 7 heteroatoms. The summed E-state index contributed by atoms with van der Waals surface area (Å²) in [5.41, 5.74) is 6.64. The quantitative estimate of drug-likeness (QED) is 0.744. The van der Waals surface area contributed by atoms with Crippen molar-refractivity contribution in [3.63, 3.8) is 0 Å². The summed E-state index contributed by atoms with van der Waals surface area (Å²) in [4.78, 5) is 0. The Morgan fingerprint density at radius 2 is 1.81 bits per heavy atom. The van der Waals surface area contributed by atoms with Crippen molar-refractivity contribution in [1.82, 2.24) is 14.8 Å². The highest BCUT2D eigenvalue weighted by Gasteiger charge is 2.19. The van der Waals surface area contributed by atoms with E-state index in [1.165, 1.54) is 0 Å². The number of methoxy groups -OCH3 is 2. The van der Waals surface area contributed by atoms with Crippen LogP contribution in [0.15, 0.2) is 18.2 Å². The Balaban J connectivity index is 2.48. The van der Waals surface area contributed by atoms with Gasteiger partial charge in [0.2, 0.25) is 5.95 Å². The van der Waals surface area contributed by atoms with Crippen molar-refractivity contribution in [1.29, 1.82) is 0 Å². The van der Waals surface area contributed by atoms with Gasteiger partial charge in [0.05, 0.1) is 14.2 Å². The van der Waals surface area contributed by atoms with Crippen molar-refractivity contribution in [2.45, 2.75) is 19.3 Å². The maximum Gasteiger partial charge on any atom is 0.226 e. The lowest BCUT2D eigenvalue weighted by Gasteiger charge is -2.16. The minimum Gasteiger partial charge on any atom is -0.494 e. The molecule has 2 aromatic rings. The molecule has 0 saturated heterocycles. The number of ether oxygens (including phenoxy) is 2. The highest BCUT2D eigenvalue weighted by atomic mass is 16.5. The fourth-order valence-corrected chi connectivity index (χ4v) is 2.18. The Hall–Kier alpha value is -2.28. The van der Waals surface area contributed by atoms with Gasteiger partial charge < -0.3 is 20.3 Å². The fourth-order valence-electron chi connectivity index (χ4n) is 2.18. The molecular weight excluding hydrogens is 272 g/mol. The van der Waals surface area contributed by atoms with E-state index in [0.29, 0.717) is 35.9 Å². The van der Waals surface area contributed by atoms with Gasteiger partial charge in [-0.05, 0) is 25.0 Å². The third-order valence-corrected chi connectivity index (χ3v) is 3.19. The second kappa shape index (κ2) is 6.94. The van der Waals surface area contributed by atoms with Crippen LogP contribution in [0.2, 0.25) is 0 Å². The van der Waals surface area contributed by atoms with Gasteiger partial charge in [-0.3, -0.25) is 4.57 Å². The summed E-state index contributed by atoms with van der Waals surface area (Å²) in [5, 5.41) is 16.9. The average Bonchev–Trinajstić information content (AvgIpc) is 2.87. The predicted octanol–water partition coefficient (Wildman–Crippen LogP) is 1.18. The molecule has 0 aliphatic heterocycles. The second-order valence-electron chi connectivity index (χ2n) is 4.50. The van der Waals surface area contributed by atoms with Crippen molar-refractivity contribution in [3.8, 4) is 17.2 Å². The van der Waals surface area contributed by atoms with Crippen LogP contribution in [0.25, 0.3) is 5.69 Å². The number of aromatic nitrogens is 3. The molecule has 0 atom stereocenters. The number of benzene rings is 1. The SMILES string of the molecule is COc1cccc(OC)c1-n1c(N)nnc1CCCCO. The molecule has 0 spiro atoms. The molecule has 1 heterocycles. The second-order valence-corrected chi connectivity index (χ2v) is 4.50.